The Kier molecular flexibility index (Phi) is 5.31. The van der Waals surface area contributed by atoms with Gasteiger partial charge in [-0.05, 0) is 6.92 Å². The molecule has 0 aliphatic heterocycles. The van der Waals surface area contributed by atoms with E-state index < -0.39 is 31.0 Å². The van der Waals surface area contributed by atoms with E-state index in [9.17, 15) is 0 Å². The van der Waals surface area contributed by atoms with E-state index in [1.807, 2.05) is 0 Å². The molecular weight excluding hydrogens is 168 g/mol. The summed E-state index contributed by atoms with van der Waals surface area (Å²) in [6, 6.07) is 0. The van der Waals surface area contributed by atoms with E-state index in [1.165, 1.54) is 6.92 Å². The van der Waals surface area contributed by atoms with Crippen LogP contribution < -0.4 is 0 Å². The van der Waals surface area contributed by atoms with Crippen LogP contribution >= 0.6 is 0 Å². The number of aliphatic hydroxyl groups is 4. The number of aliphatic hydroxyl groups excluding tert-OH is 4. The zero-order valence-corrected chi connectivity index (χ0v) is 6.66. The molecule has 0 aliphatic carbocycles. The lowest BCUT2D eigenvalue weighted by Crippen LogP contribution is -2.45. The summed E-state index contributed by atoms with van der Waals surface area (Å²) in [5.74, 6) is 0. The standard InChI is InChI=1S/C6H14O6/c1-3(7)5(9)6(10)4(8)2-12-11/h3-11H,2H2,1H3/t3-,4+,5+,6-/m1/s1. The maximum atomic E-state index is 9.04. The normalized spacial score (nSPS) is 21.5. The van der Waals surface area contributed by atoms with Crippen LogP contribution in [0.1, 0.15) is 6.92 Å². The van der Waals surface area contributed by atoms with Gasteiger partial charge in [-0.15, -0.1) is 0 Å². The highest BCUT2D eigenvalue weighted by atomic mass is 17.1. The Morgan fingerprint density at radius 2 is 1.58 bits per heavy atom. The summed E-state index contributed by atoms with van der Waals surface area (Å²) in [6.45, 7) is 0.741. The lowest BCUT2D eigenvalue weighted by Gasteiger charge is -2.23. The molecule has 0 rings (SSSR count). The highest BCUT2D eigenvalue weighted by Crippen LogP contribution is 2.04. The second kappa shape index (κ2) is 5.41. The maximum absolute atomic E-state index is 9.04. The van der Waals surface area contributed by atoms with Crippen molar-refractivity contribution in [1.29, 1.82) is 0 Å². The molecule has 0 heterocycles. The first-order chi connectivity index (χ1) is 5.50. The molecule has 0 spiro atoms. The van der Waals surface area contributed by atoms with Crippen molar-refractivity contribution >= 4 is 0 Å². The van der Waals surface area contributed by atoms with Gasteiger partial charge in [0.1, 0.15) is 24.9 Å². The van der Waals surface area contributed by atoms with E-state index >= 15 is 0 Å². The van der Waals surface area contributed by atoms with E-state index in [2.05, 4.69) is 4.89 Å². The zero-order valence-electron chi connectivity index (χ0n) is 6.66. The van der Waals surface area contributed by atoms with Crippen molar-refractivity contribution in [2.45, 2.75) is 31.3 Å². The lowest BCUT2D eigenvalue weighted by atomic mass is 10.0. The summed E-state index contributed by atoms with van der Waals surface area (Å²) in [7, 11) is 0. The smallest absolute Gasteiger partial charge is 0.111 e. The molecule has 0 aromatic carbocycles. The Morgan fingerprint density at radius 3 is 1.92 bits per heavy atom. The lowest BCUT2D eigenvalue weighted by molar-refractivity contribution is -0.267. The van der Waals surface area contributed by atoms with E-state index in [-0.39, 0.29) is 0 Å². The van der Waals surface area contributed by atoms with Gasteiger partial charge in [0.25, 0.3) is 0 Å². The third kappa shape index (κ3) is 3.44. The number of hydrogen-bond acceptors (Lipinski definition) is 6. The molecule has 0 aromatic heterocycles. The molecule has 74 valence electrons. The Labute approximate surface area is 69.6 Å². The van der Waals surface area contributed by atoms with Gasteiger partial charge in [-0.3, -0.25) is 5.26 Å². The highest BCUT2D eigenvalue weighted by Gasteiger charge is 2.28. The van der Waals surface area contributed by atoms with Crippen LogP contribution in [-0.2, 0) is 4.89 Å². The van der Waals surface area contributed by atoms with Crippen molar-refractivity contribution in [3.05, 3.63) is 0 Å². The fraction of sp³-hybridized carbons (Fsp3) is 1.00. The highest BCUT2D eigenvalue weighted by molar-refractivity contribution is 4.78. The molecule has 6 heteroatoms. The molecule has 0 saturated heterocycles. The molecule has 0 aromatic rings. The summed E-state index contributed by atoms with van der Waals surface area (Å²) in [4.78, 5) is 3.55. The van der Waals surface area contributed by atoms with E-state index in [0.717, 1.165) is 0 Å². The van der Waals surface area contributed by atoms with E-state index in [4.69, 9.17) is 25.7 Å². The molecule has 5 N–H and O–H groups in total. The van der Waals surface area contributed by atoms with Gasteiger partial charge in [0.15, 0.2) is 0 Å². The molecule has 0 radical (unpaired) electrons. The van der Waals surface area contributed by atoms with Crippen molar-refractivity contribution in [2.75, 3.05) is 6.61 Å². The van der Waals surface area contributed by atoms with Crippen LogP contribution in [0.15, 0.2) is 0 Å². The summed E-state index contributed by atoms with van der Waals surface area (Å²) in [5, 5.41) is 43.6. The molecule has 0 saturated carbocycles. The largest absolute Gasteiger partial charge is 0.391 e. The van der Waals surface area contributed by atoms with Gasteiger partial charge in [0.05, 0.1) is 6.10 Å². The summed E-state index contributed by atoms with van der Waals surface area (Å²) >= 11 is 0. The molecule has 0 aliphatic rings. The van der Waals surface area contributed by atoms with Crippen LogP contribution in [0.25, 0.3) is 0 Å². The number of rotatable bonds is 5. The third-order valence-electron chi connectivity index (χ3n) is 1.48. The molecule has 0 amide bonds. The van der Waals surface area contributed by atoms with Gasteiger partial charge in [-0.2, -0.15) is 0 Å². The average Bonchev–Trinajstić information content (AvgIpc) is 2.02. The minimum absolute atomic E-state index is 0.523. The third-order valence-corrected chi connectivity index (χ3v) is 1.48. The summed E-state index contributed by atoms with van der Waals surface area (Å²) in [6.07, 6.45) is -5.60. The van der Waals surface area contributed by atoms with Crippen LogP contribution in [0.2, 0.25) is 0 Å². The van der Waals surface area contributed by atoms with Gasteiger partial charge in [0.2, 0.25) is 0 Å². The Morgan fingerprint density at radius 1 is 1.08 bits per heavy atom. The van der Waals surface area contributed by atoms with Crippen LogP contribution in [0.5, 0.6) is 0 Å². The fourth-order valence-electron chi connectivity index (χ4n) is 0.688. The predicted octanol–water partition coefficient (Wildman–Crippen LogP) is -2.06. The monoisotopic (exact) mass is 182 g/mol. The second-order valence-corrected chi connectivity index (χ2v) is 2.58. The molecule has 4 atom stereocenters. The first-order valence-electron chi connectivity index (χ1n) is 3.49. The van der Waals surface area contributed by atoms with Crippen molar-refractivity contribution in [3.8, 4) is 0 Å². The van der Waals surface area contributed by atoms with Crippen molar-refractivity contribution in [3.63, 3.8) is 0 Å². The Balaban J connectivity index is 3.90. The van der Waals surface area contributed by atoms with Gasteiger partial charge >= 0.3 is 0 Å². The van der Waals surface area contributed by atoms with Crippen molar-refractivity contribution in [1.82, 2.24) is 0 Å². The van der Waals surface area contributed by atoms with Crippen LogP contribution in [0.4, 0.5) is 0 Å². The topological polar surface area (TPSA) is 110 Å². The molecule has 0 unspecified atom stereocenters. The van der Waals surface area contributed by atoms with Crippen LogP contribution in [-0.4, -0.2) is 56.7 Å². The van der Waals surface area contributed by atoms with Crippen molar-refractivity contribution in [2.24, 2.45) is 0 Å². The molecule has 0 fully saturated rings. The van der Waals surface area contributed by atoms with Gasteiger partial charge in [-0.1, -0.05) is 0 Å². The first-order valence-corrected chi connectivity index (χ1v) is 3.49. The van der Waals surface area contributed by atoms with E-state index in [0.29, 0.717) is 0 Å². The second-order valence-electron chi connectivity index (χ2n) is 2.58. The minimum atomic E-state index is -1.54. The van der Waals surface area contributed by atoms with Crippen molar-refractivity contribution < 1.29 is 30.6 Å². The van der Waals surface area contributed by atoms with Crippen LogP contribution in [0.3, 0.4) is 0 Å². The molecule has 0 bridgehead atoms. The van der Waals surface area contributed by atoms with E-state index in [1.54, 1.807) is 0 Å². The quantitative estimate of drug-likeness (QED) is 0.247. The summed E-state index contributed by atoms with van der Waals surface area (Å²) in [5.41, 5.74) is 0. The minimum Gasteiger partial charge on any atom is -0.391 e. The predicted molar refractivity (Wildman–Crippen MR) is 38.3 cm³/mol. The Hall–Kier alpha value is -0.240. The zero-order chi connectivity index (χ0) is 9.72. The SMILES string of the molecule is C[C@@H](O)[C@H](O)[C@H](O)[C@@H](O)COO. The van der Waals surface area contributed by atoms with Gasteiger partial charge in [-0.25, -0.2) is 4.89 Å². The molecule has 6 nitrogen and oxygen atoms in total. The average molecular weight is 182 g/mol. The van der Waals surface area contributed by atoms with Gasteiger partial charge < -0.3 is 20.4 Å². The molecule has 12 heavy (non-hydrogen) atoms. The number of hydrogen-bond donors (Lipinski definition) is 5. The first kappa shape index (κ1) is 11.8. The fourth-order valence-corrected chi connectivity index (χ4v) is 0.688. The Bertz CT molecular complexity index is 117. The summed E-state index contributed by atoms with van der Waals surface area (Å²) < 4.78 is 0. The molecular formula is C6H14O6. The maximum Gasteiger partial charge on any atom is 0.111 e. The van der Waals surface area contributed by atoms with Crippen LogP contribution in [0, 0.1) is 0 Å². The van der Waals surface area contributed by atoms with Gasteiger partial charge in [0, 0.05) is 0 Å².